The summed E-state index contributed by atoms with van der Waals surface area (Å²) in [6.45, 7) is 1.89. The van der Waals surface area contributed by atoms with Crippen LogP contribution in [0.3, 0.4) is 0 Å². The SMILES string of the molecule is Cc1ccccc1[C@H]1C[C@@H]1C(=O)Nc1cccc(OCC(N)=O)c1. The molecule has 0 saturated heterocycles. The third-order valence-corrected chi connectivity index (χ3v) is 4.20. The number of primary amides is 1. The summed E-state index contributed by atoms with van der Waals surface area (Å²) in [5, 5.41) is 2.92. The Labute approximate surface area is 140 Å². The van der Waals surface area contributed by atoms with Crippen LogP contribution in [-0.2, 0) is 9.59 Å². The van der Waals surface area contributed by atoms with Crippen molar-refractivity contribution in [3.05, 3.63) is 59.7 Å². The number of nitrogens with two attached hydrogens (primary N) is 1. The summed E-state index contributed by atoms with van der Waals surface area (Å²) in [6, 6.07) is 15.1. The van der Waals surface area contributed by atoms with Crippen LogP contribution in [0.4, 0.5) is 5.69 Å². The Bertz CT molecular complexity index is 773. The summed E-state index contributed by atoms with van der Waals surface area (Å²) in [4.78, 5) is 23.2. The number of hydrogen-bond acceptors (Lipinski definition) is 3. The largest absolute Gasteiger partial charge is 0.484 e. The van der Waals surface area contributed by atoms with Gasteiger partial charge in [-0.15, -0.1) is 0 Å². The molecule has 0 bridgehead atoms. The van der Waals surface area contributed by atoms with Crippen molar-refractivity contribution < 1.29 is 14.3 Å². The number of anilines is 1. The van der Waals surface area contributed by atoms with E-state index in [1.165, 1.54) is 11.1 Å². The van der Waals surface area contributed by atoms with E-state index >= 15 is 0 Å². The van der Waals surface area contributed by atoms with Crippen molar-refractivity contribution >= 4 is 17.5 Å². The van der Waals surface area contributed by atoms with Crippen LogP contribution in [-0.4, -0.2) is 18.4 Å². The Morgan fingerprint density at radius 3 is 2.75 bits per heavy atom. The van der Waals surface area contributed by atoms with Gasteiger partial charge in [0.1, 0.15) is 5.75 Å². The molecule has 1 saturated carbocycles. The van der Waals surface area contributed by atoms with Crippen LogP contribution in [0.5, 0.6) is 5.75 Å². The highest BCUT2D eigenvalue weighted by molar-refractivity contribution is 5.95. The Balaban J connectivity index is 1.61. The lowest BCUT2D eigenvalue weighted by Crippen LogP contribution is -2.20. The number of aryl methyl sites for hydroxylation is 1. The number of rotatable bonds is 6. The standard InChI is InChI=1S/C19H20N2O3/c1-12-5-2-3-8-15(12)16-10-17(16)19(23)21-13-6-4-7-14(9-13)24-11-18(20)22/h2-9,16-17H,10-11H2,1H3,(H2,20,22)(H,21,23)/t16-,17+/m1/s1. The van der Waals surface area contributed by atoms with Gasteiger partial charge in [-0.3, -0.25) is 9.59 Å². The molecule has 0 radical (unpaired) electrons. The van der Waals surface area contributed by atoms with Crippen molar-refractivity contribution in [3.63, 3.8) is 0 Å². The van der Waals surface area contributed by atoms with Gasteiger partial charge >= 0.3 is 0 Å². The molecule has 1 fully saturated rings. The molecular formula is C19H20N2O3. The van der Waals surface area contributed by atoms with Gasteiger partial charge in [0.25, 0.3) is 5.91 Å². The van der Waals surface area contributed by atoms with Gasteiger partial charge in [0.2, 0.25) is 5.91 Å². The van der Waals surface area contributed by atoms with Gasteiger partial charge in [-0.25, -0.2) is 0 Å². The summed E-state index contributed by atoms with van der Waals surface area (Å²) in [5.41, 5.74) is 8.17. The molecule has 0 heterocycles. The van der Waals surface area contributed by atoms with Crippen LogP contribution >= 0.6 is 0 Å². The van der Waals surface area contributed by atoms with Crippen molar-refractivity contribution in [1.29, 1.82) is 0 Å². The van der Waals surface area contributed by atoms with Crippen LogP contribution in [0.1, 0.15) is 23.5 Å². The van der Waals surface area contributed by atoms with Gasteiger partial charge in [-0.1, -0.05) is 30.3 Å². The van der Waals surface area contributed by atoms with Gasteiger partial charge < -0.3 is 15.8 Å². The van der Waals surface area contributed by atoms with E-state index in [0.717, 1.165) is 6.42 Å². The molecule has 1 aliphatic carbocycles. The first-order valence-corrected chi connectivity index (χ1v) is 7.92. The second-order valence-corrected chi connectivity index (χ2v) is 6.08. The number of ether oxygens (including phenoxy) is 1. The van der Waals surface area contributed by atoms with Crippen molar-refractivity contribution in [3.8, 4) is 5.75 Å². The van der Waals surface area contributed by atoms with Crippen molar-refractivity contribution in [1.82, 2.24) is 0 Å². The van der Waals surface area contributed by atoms with Crippen LogP contribution in [0, 0.1) is 12.8 Å². The van der Waals surface area contributed by atoms with E-state index in [1.807, 2.05) is 12.1 Å². The molecule has 24 heavy (non-hydrogen) atoms. The van der Waals surface area contributed by atoms with Gasteiger partial charge in [-0.2, -0.15) is 0 Å². The third-order valence-electron chi connectivity index (χ3n) is 4.20. The molecule has 2 amide bonds. The highest BCUT2D eigenvalue weighted by Crippen LogP contribution is 2.48. The fourth-order valence-electron chi connectivity index (χ4n) is 2.88. The Morgan fingerprint density at radius 2 is 2.00 bits per heavy atom. The number of carbonyl (C=O) groups excluding carboxylic acids is 2. The fourth-order valence-corrected chi connectivity index (χ4v) is 2.88. The lowest BCUT2D eigenvalue weighted by atomic mass is 10.0. The van der Waals surface area contributed by atoms with E-state index in [2.05, 4.69) is 24.4 Å². The Kier molecular flexibility index (Phi) is 4.51. The molecule has 5 nitrogen and oxygen atoms in total. The van der Waals surface area contributed by atoms with Crippen LogP contribution in [0.25, 0.3) is 0 Å². The maximum Gasteiger partial charge on any atom is 0.255 e. The van der Waals surface area contributed by atoms with Gasteiger partial charge in [0.05, 0.1) is 0 Å². The molecule has 0 aromatic heterocycles. The van der Waals surface area contributed by atoms with Gasteiger partial charge in [0.15, 0.2) is 6.61 Å². The van der Waals surface area contributed by atoms with Gasteiger partial charge in [0, 0.05) is 17.7 Å². The molecule has 2 atom stereocenters. The number of benzene rings is 2. The van der Waals surface area contributed by atoms with Crippen LogP contribution in [0.15, 0.2) is 48.5 Å². The molecule has 0 aliphatic heterocycles. The average molecular weight is 324 g/mol. The molecular weight excluding hydrogens is 304 g/mol. The minimum Gasteiger partial charge on any atom is -0.484 e. The highest BCUT2D eigenvalue weighted by atomic mass is 16.5. The molecule has 5 heteroatoms. The van der Waals surface area contributed by atoms with Crippen molar-refractivity contribution in [2.24, 2.45) is 11.7 Å². The molecule has 0 spiro atoms. The lowest BCUT2D eigenvalue weighted by Gasteiger charge is -2.09. The van der Waals surface area contributed by atoms with E-state index < -0.39 is 5.91 Å². The smallest absolute Gasteiger partial charge is 0.255 e. The molecule has 1 aliphatic rings. The predicted molar refractivity (Wildman–Crippen MR) is 91.8 cm³/mol. The molecule has 2 aromatic rings. The van der Waals surface area contributed by atoms with E-state index in [0.29, 0.717) is 17.4 Å². The van der Waals surface area contributed by atoms with Crippen molar-refractivity contribution in [2.45, 2.75) is 19.3 Å². The summed E-state index contributed by atoms with van der Waals surface area (Å²) in [7, 11) is 0. The molecule has 3 N–H and O–H groups in total. The Hall–Kier alpha value is -2.82. The van der Waals surface area contributed by atoms with Crippen LogP contribution < -0.4 is 15.8 Å². The van der Waals surface area contributed by atoms with E-state index in [9.17, 15) is 9.59 Å². The number of hydrogen-bond donors (Lipinski definition) is 2. The first-order valence-electron chi connectivity index (χ1n) is 7.92. The zero-order chi connectivity index (χ0) is 17.1. The summed E-state index contributed by atoms with van der Waals surface area (Å²) >= 11 is 0. The quantitative estimate of drug-likeness (QED) is 0.857. The summed E-state index contributed by atoms with van der Waals surface area (Å²) < 4.78 is 5.25. The maximum atomic E-state index is 12.4. The van der Waals surface area contributed by atoms with Gasteiger partial charge in [-0.05, 0) is 42.5 Å². The zero-order valence-corrected chi connectivity index (χ0v) is 13.5. The second kappa shape index (κ2) is 6.74. The minimum atomic E-state index is -0.538. The zero-order valence-electron chi connectivity index (χ0n) is 13.5. The minimum absolute atomic E-state index is 0.00120. The summed E-state index contributed by atoms with van der Waals surface area (Å²) in [6.07, 6.45) is 0.870. The first-order chi connectivity index (χ1) is 11.5. The molecule has 124 valence electrons. The fraction of sp³-hybridized carbons (Fsp3) is 0.263. The molecule has 3 rings (SSSR count). The monoisotopic (exact) mass is 324 g/mol. The molecule has 2 aromatic carbocycles. The second-order valence-electron chi connectivity index (χ2n) is 6.08. The highest BCUT2D eigenvalue weighted by Gasteiger charge is 2.44. The lowest BCUT2D eigenvalue weighted by molar-refractivity contribution is -0.120. The number of nitrogens with one attached hydrogen (secondary N) is 1. The normalized spacial score (nSPS) is 18.7. The van der Waals surface area contributed by atoms with E-state index in [-0.39, 0.29) is 18.4 Å². The van der Waals surface area contributed by atoms with Crippen molar-refractivity contribution in [2.75, 3.05) is 11.9 Å². The maximum absolute atomic E-state index is 12.4. The summed E-state index contributed by atoms with van der Waals surface area (Å²) in [5.74, 6) is 0.262. The third kappa shape index (κ3) is 3.74. The number of amides is 2. The number of carbonyl (C=O) groups is 2. The predicted octanol–water partition coefficient (Wildman–Crippen LogP) is 2.60. The first kappa shape index (κ1) is 16.1. The molecule has 0 unspecified atom stereocenters. The van der Waals surface area contributed by atoms with E-state index in [1.54, 1.807) is 24.3 Å². The topological polar surface area (TPSA) is 81.4 Å². The average Bonchev–Trinajstić information content (AvgIpc) is 3.34. The van der Waals surface area contributed by atoms with Crippen LogP contribution in [0.2, 0.25) is 0 Å². The van der Waals surface area contributed by atoms with E-state index in [4.69, 9.17) is 10.5 Å². The Morgan fingerprint density at radius 1 is 1.21 bits per heavy atom.